The Morgan fingerprint density at radius 2 is 2.06 bits per heavy atom. The fourth-order valence-corrected chi connectivity index (χ4v) is 4.65. The van der Waals surface area contributed by atoms with Gasteiger partial charge in [0.05, 0.1) is 0 Å². The van der Waals surface area contributed by atoms with Crippen molar-refractivity contribution in [3.8, 4) is 0 Å². The molecule has 0 aromatic rings. The van der Waals surface area contributed by atoms with Gasteiger partial charge in [-0.1, -0.05) is 33.3 Å². The van der Waals surface area contributed by atoms with E-state index in [0.717, 1.165) is 25.7 Å². The number of ether oxygens (including phenoxy) is 1. The third kappa shape index (κ3) is 1.20. The average molecular weight is 252 g/mol. The molecule has 0 bridgehead atoms. The number of rotatable bonds is 0. The summed E-state index contributed by atoms with van der Waals surface area (Å²) in [7, 11) is 0. The second-order valence-electron chi connectivity index (χ2n) is 7.01. The van der Waals surface area contributed by atoms with Crippen LogP contribution >= 0.6 is 0 Å². The lowest BCUT2D eigenvalue weighted by Gasteiger charge is -2.56. The van der Waals surface area contributed by atoms with Crippen molar-refractivity contribution in [2.45, 2.75) is 52.1 Å². The van der Waals surface area contributed by atoms with Crippen LogP contribution in [0.15, 0.2) is 11.6 Å². The van der Waals surface area contributed by atoms with Crippen molar-refractivity contribution in [3.05, 3.63) is 11.6 Å². The van der Waals surface area contributed by atoms with Crippen molar-refractivity contribution < 1.29 is 13.9 Å². The smallest absolute Gasteiger partial charge is 0.349 e. The molecule has 0 aromatic carbocycles. The standard InChI is InChI=1S/C15H21FO2/c1-13(2)7-4-8-14(3)11(13)6-5-10-9-18-12(17)15(10,14)16/h5,11H,4,6-9H2,1-3H3/t11-,14-,15-/m0/s1. The molecule has 0 aromatic heterocycles. The van der Waals surface area contributed by atoms with Crippen LogP contribution in [0.25, 0.3) is 0 Å². The Morgan fingerprint density at radius 1 is 1.33 bits per heavy atom. The summed E-state index contributed by atoms with van der Waals surface area (Å²) >= 11 is 0. The van der Waals surface area contributed by atoms with E-state index in [4.69, 9.17) is 4.74 Å². The third-order valence-corrected chi connectivity index (χ3v) is 5.70. The quantitative estimate of drug-likeness (QED) is 0.488. The number of halogens is 1. The van der Waals surface area contributed by atoms with Crippen LogP contribution in [0.3, 0.4) is 0 Å². The molecule has 0 amide bonds. The molecule has 0 N–H and O–H groups in total. The number of carbonyl (C=O) groups is 1. The van der Waals surface area contributed by atoms with Gasteiger partial charge in [-0.2, -0.15) is 0 Å². The van der Waals surface area contributed by atoms with Crippen molar-refractivity contribution in [1.82, 2.24) is 0 Å². The van der Waals surface area contributed by atoms with Crippen molar-refractivity contribution >= 4 is 5.97 Å². The molecule has 3 aliphatic rings. The zero-order valence-corrected chi connectivity index (χ0v) is 11.4. The molecule has 2 fully saturated rings. The number of cyclic esters (lactones) is 1. The van der Waals surface area contributed by atoms with E-state index < -0.39 is 17.1 Å². The molecule has 100 valence electrons. The van der Waals surface area contributed by atoms with Gasteiger partial charge in [-0.15, -0.1) is 0 Å². The highest BCUT2D eigenvalue weighted by Crippen LogP contribution is 2.63. The van der Waals surface area contributed by atoms with Crippen LogP contribution in [0.2, 0.25) is 0 Å². The van der Waals surface area contributed by atoms with Crippen LogP contribution in [0.1, 0.15) is 46.5 Å². The van der Waals surface area contributed by atoms with Gasteiger partial charge in [-0.05, 0) is 30.6 Å². The molecule has 1 aliphatic heterocycles. The van der Waals surface area contributed by atoms with E-state index in [1.165, 1.54) is 0 Å². The van der Waals surface area contributed by atoms with Gasteiger partial charge < -0.3 is 4.74 Å². The SMILES string of the molecule is CC1(C)CCC[C@@]2(C)[C@H]1CC=C1COC(=O)[C@@]12F. The summed E-state index contributed by atoms with van der Waals surface area (Å²) in [6.07, 6.45) is 5.68. The summed E-state index contributed by atoms with van der Waals surface area (Å²) < 4.78 is 20.5. The first-order valence-corrected chi connectivity index (χ1v) is 6.88. The van der Waals surface area contributed by atoms with Crippen LogP contribution in [0.5, 0.6) is 0 Å². The maximum atomic E-state index is 15.5. The van der Waals surface area contributed by atoms with E-state index in [1.54, 1.807) is 0 Å². The Balaban J connectivity index is 2.14. The number of allylic oxidation sites excluding steroid dienone is 1. The molecule has 0 spiro atoms. The van der Waals surface area contributed by atoms with Gasteiger partial charge in [0.1, 0.15) is 6.61 Å². The fraction of sp³-hybridized carbons (Fsp3) is 0.800. The Kier molecular flexibility index (Phi) is 2.28. The van der Waals surface area contributed by atoms with Crippen LogP contribution in [-0.2, 0) is 9.53 Å². The van der Waals surface area contributed by atoms with Crippen molar-refractivity contribution in [1.29, 1.82) is 0 Å². The van der Waals surface area contributed by atoms with Gasteiger partial charge in [0.2, 0.25) is 5.67 Å². The minimum atomic E-state index is -1.87. The van der Waals surface area contributed by atoms with E-state index in [-0.39, 0.29) is 17.9 Å². The van der Waals surface area contributed by atoms with Gasteiger partial charge in [0.15, 0.2) is 0 Å². The maximum absolute atomic E-state index is 15.5. The summed E-state index contributed by atoms with van der Waals surface area (Å²) in [6, 6.07) is 0. The molecule has 0 unspecified atom stereocenters. The van der Waals surface area contributed by atoms with Crippen LogP contribution < -0.4 is 0 Å². The van der Waals surface area contributed by atoms with Crippen molar-refractivity contribution in [3.63, 3.8) is 0 Å². The first kappa shape index (κ1) is 12.2. The Labute approximate surface area is 108 Å². The molecule has 3 atom stereocenters. The number of esters is 1. The van der Waals surface area contributed by atoms with Crippen LogP contribution in [-0.4, -0.2) is 18.2 Å². The number of hydrogen-bond acceptors (Lipinski definition) is 2. The summed E-state index contributed by atoms with van der Waals surface area (Å²) in [5, 5.41) is 0. The van der Waals surface area contributed by atoms with Gasteiger partial charge in [0.25, 0.3) is 0 Å². The molecule has 3 heteroatoms. The highest BCUT2D eigenvalue weighted by atomic mass is 19.1. The van der Waals surface area contributed by atoms with Gasteiger partial charge >= 0.3 is 5.97 Å². The zero-order valence-electron chi connectivity index (χ0n) is 11.4. The van der Waals surface area contributed by atoms with Crippen molar-refractivity contribution in [2.24, 2.45) is 16.7 Å². The van der Waals surface area contributed by atoms with Crippen LogP contribution in [0.4, 0.5) is 4.39 Å². The lowest BCUT2D eigenvalue weighted by Crippen LogP contribution is -2.58. The average Bonchev–Trinajstić information content (AvgIpc) is 2.57. The van der Waals surface area contributed by atoms with Crippen molar-refractivity contribution in [2.75, 3.05) is 6.61 Å². The monoisotopic (exact) mass is 252 g/mol. The summed E-state index contributed by atoms with van der Waals surface area (Å²) in [5.74, 6) is -0.434. The van der Waals surface area contributed by atoms with E-state index in [1.807, 2.05) is 13.0 Å². The highest BCUT2D eigenvalue weighted by Gasteiger charge is 2.68. The topological polar surface area (TPSA) is 26.3 Å². The molecule has 1 saturated heterocycles. The number of hydrogen-bond donors (Lipinski definition) is 0. The summed E-state index contributed by atoms with van der Waals surface area (Å²) in [4.78, 5) is 12.0. The van der Waals surface area contributed by atoms with E-state index in [2.05, 4.69) is 13.8 Å². The first-order valence-electron chi connectivity index (χ1n) is 6.88. The normalized spacial score (nSPS) is 45.9. The van der Waals surface area contributed by atoms with E-state index >= 15 is 4.39 Å². The second kappa shape index (κ2) is 3.37. The summed E-state index contributed by atoms with van der Waals surface area (Å²) in [5.41, 5.74) is -1.79. The zero-order chi connectivity index (χ0) is 13.2. The fourth-order valence-electron chi connectivity index (χ4n) is 4.65. The van der Waals surface area contributed by atoms with Gasteiger partial charge in [0, 0.05) is 11.0 Å². The summed E-state index contributed by atoms with van der Waals surface area (Å²) in [6.45, 7) is 6.52. The Hall–Kier alpha value is -0.860. The Bertz CT molecular complexity index is 440. The first-order chi connectivity index (χ1) is 8.32. The Morgan fingerprint density at radius 3 is 2.78 bits per heavy atom. The van der Waals surface area contributed by atoms with Crippen LogP contribution in [0, 0.1) is 16.7 Å². The lowest BCUT2D eigenvalue weighted by atomic mass is 9.48. The van der Waals surface area contributed by atoms with Gasteiger partial charge in [-0.3, -0.25) is 0 Å². The predicted octanol–water partition coefficient (Wildman–Crippen LogP) is 3.41. The third-order valence-electron chi connectivity index (χ3n) is 5.70. The lowest BCUT2D eigenvalue weighted by molar-refractivity contribution is -0.164. The number of fused-ring (bicyclic) bond motifs is 3. The molecular weight excluding hydrogens is 231 g/mol. The molecule has 2 nitrogen and oxygen atoms in total. The molecule has 3 rings (SSSR count). The van der Waals surface area contributed by atoms with E-state index in [9.17, 15) is 4.79 Å². The van der Waals surface area contributed by atoms with Gasteiger partial charge in [-0.25, -0.2) is 9.18 Å². The predicted molar refractivity (Wildman–Crippen MR) is 66.7 cm³/mol. The molecule has 2 aliphatic carbocycles. The molecule has 18 heavy (non-hydrogen) atoms. The largest absolute Gasteiger partial charge is 0.458 e. The number of alkyl halides is 1. The second-order valence-corrected chi connectivity index (χ2v) is 7.01. The highest BCUT2D eigenvalue weighted by molar-refractivity contribution is 5.88. The minimum Gasteiger partial charge on any atom is -0.458 e. The molecule has 1 heterocycles. The van der Waals surface area contributed by atoms with E-state index in [0.29, 0.717) is 5.57 Å². The number of carbonyl (C=O) groups excluding carboxylic acids is 1. The molecular formula is C15H21FO2. The molecule has 1 saturated carbocycles. The maximum Gasteiger partial charge on any atom is 0.349 e. The minimum absolute atomic E-state index is 0.0942. The molecule has 0 radical (unpaired) electrons.